The van der Waals surface area contributed by atoms with Gasteiger partial charge in [0, 0.05) is 35.1 Å². The number of amides is 1. The Bertz CT molecular complexity index is 1460. The van der Waals surface area contributed by atoms with Gasteiger partial charge in [-0.1, -0.05) is 24.4 Å². The minimum absolute atomic E-state index is 0.0193. The van der Waals surface area contributed by atoms with Gasteiger partial charge in [0.2, 0.25) is 5.91 Å². The molecule has 1 amide bonds. The molecule has 39 heavy (non-hydrogen) atoms. The zero-order valence-corrected chi connectivity index (χ0v) is 21.7. The number of carbonyl (C=O) groups is 1. The van der Waals surface area contributed by atoms with Crippen LogP contribution in [-0.2, 0) is 4.79 Å². The van der Waals surface area contributed by atoms with Gasteiger partial charge in [0.1, 0.15) is 18.2 Å². The number of rotatable bonds is 5. The van der Waals surface area contributed by atoms with Crippen LogP contribution in [0, 0.1) is 17.1 Å². The van der Waals surface area contributed by atoms with Gasteiger partial charge >= 0.3 is 0 Å². The molecule has 4 rings (SSSR count). The highest BCUT2D eigenvalue weighted by atomic mass is 35.5. The zero-order chi connectivity index (χ0) is 27.9. The summed E-state index contributed by atoms with van der Waals surface area (Å²) in [5.41, 5.74) is 9.03. The highest BCUT2D eigenvalue weighted by Gasteiger charge is 2.23. The first-order valence-corrected chi connectivity index (χ1v) is 12.6. The molecule has 3 aromatic rings. The third-order valence-electron chi connectivity index (χ3n) is 6.25. The van der Waals surface area contributed by atoms with Crippen LogP contribution >= 0.6 is 11.6 Å². The molecule has 0 aliphatic carbocycles. The van der Waals surface area contributed by atoms with Crippen LogP contribution in [0.15, 0.2) is 41.5 Å². The summed E-state index contributed by atoms with van der Waals surface area (Å²) < 4.78 is 14.8. The first-order valence-electron chi connectivity index (χ1n) is 12.2. The molecule has 0 fully saturated rings. The SMILES string of the molecule is N#Cc1nc2[nH]c1-c1ccc(N)cc1NCCCCC[C@@H]2NC(=O)/C=C/c1c(N(N)/C=N\N)ccc(Cl)c1F. The molecule has 9 N–H and O–H groups in total. The number of carbonyl (C=O) groups excluding carboxylic acids is 1. The van der Waals surface area contributed by atoms with Crippen LogP contribution < -0.4 is 33.1 Å². The predicted octanol–water partition coefficient (Wildman–Crippen LogP) is 3.76. The molecule has 11 nitrogen and oxygen atoms in total. The van der Waals surface area contributed by atoms with Gasteiger partial charge < -0.3 is 27.2 Å². The maximum atomic E-state index is 14.8. The topological polar surface area (TPSA) is 187 Å². The highest BCUT2D eigenvalue weighted by Crippen LogP contribution is 2.33. The lowest BCUT2D eigenvalue weighted by molar-refractivity contribution is -0.117. The van der Waals surface area contributed by atoms with Crippen molar-refractivity contribution in [1.29, 1.82) is 5.26 Å². The van der Waals surface area contributed by atoms with Crippen molar-refractivity contribution in [3.05, 3.63) is 64.3 Å². The van der Waals surface area contributed by atoms with E-state index < -0.39 is 17.8 Å². The summed E-state index contributed by atoms with van der Waals surface area (Å²) in [5, 5.41) is 20.3. The number of aromatic amines is 1. The van der Waals surface area contributed by atoms with Gasteiger partial charge in [-0.25, -0.2) is 15.2 Å². The third-order valence-corrected chi connectivity index (χ3v) is 6.54. The number of nitrogen functional groups attached to an aromatic ring is 1. The van der Waals surface area contributed by atoms with E-state index in [1.165, 1.54) is 24.3 Å². The Hall–Kier alpha value is -4.60. The predicted molar refractivity (Wildman–Crippen MR) is 151 cm³/mol. The summed E-state index contributed by atoms with van der Waals surface area (Å²) in [6.45, 7) is 0.722. The Labute approximate surface area is 229 Å². The first-order chi connectivity index (χ1) is 18.8. The standard InChI is InChI=1S/C26H28ClFN10O/c27-18-8-9-22(38(32)14-34-31)17(24(18)28)7-10-23(39)35-19-4-2-1-3-11-33-20-12-15(30)5-6-16(20)25-21(13-29)36-26(19)37-25/h5-10,12,14,19,33H,1-4,11,30-32H2,(H,35,39)(H,36,37)/b10-7+,34-14-/t19-/m0/s1. The number of anilines is 3. The quantitative estimate of drug-likeness (QED) is 0.0691. The summed E-state index contributed by atoms with van der Waals surface area (Å²) in [4.78, 5) is 20.7. The Kier molecular flexibility index (Phi) is 8.65. The molecule has 0 unspecified atom stereocenters. The number of nitriles is 1. The second kappa shape index (κ2) is 12.3. The number of aromatic nitrogens is 2. The van der Waals surface area contributed by atoms with Crippen LogP contribution in [0.4, 0.5) is 21.5 Å². The van der Waals surface area contributed by atoms with Gasteiger partial charge in [-0.2, -0.15) is 10.4 Å². The number of nitrogens with two attached hydrogens (primary N) is 3. The van der Waals surface area contributed by atoms with Gasteiger partial charge in [0.25, 0.3) is 0 Å². The Morgan fingerprint density at radius 3 is 2.90 bits per heavy atom. The van der Waals surface area contributed by atoms with Gasteiger partial charge in [0.05, 0.1) is 22.4 Å². The molecule has 0 spiro atoms. The molecule has 202 valence electrons. The maximum Gasteiger partial charge on any atom is 0.244 e. The fourth-order valence-corrected chi connectivity index (χ4v) is 4.53. The van der Waals surface area contributed by atoms with E-state index in [0.29, 0.717) is 23.6 Å². The number of hydrogen-bond acceptors (Lipinski definition) is 8. The smallest absolute Gasteiger partial charge is 0.244 e. The van der Waals surface area contributed by atoms with E-state index in [4.69, 9.17) is 29.0 Å². The molecule has 2 bridgehead atoms. The van der Waals surface area contributed by atoms with E-state index in [9.17, 15) is 14.4 Å². The van der Waals surface area contributed by atoms with Gasteiger partial charge in [-0.15, -0.1) is 0 Å². The fourth-order valence-electron chi connectivity index (χ4n) is 4.36. The molecule has 1 aromatic heterocycles. The van der Waals surface area contributed by atoms with Crippen molar-refractivity contribution < 1.29 is 9.18 Å². The van der Waals surface area contributed by atoms with E-state index in [2.05, 4.69) is 31.8 Å². The second-order valence-electron chi connectivity index (χ2n) is 8.90. The number of halogens is 2. The van der Waals surface area contributed by atoms with E-state index in [1.807, 2.05) is 12.1 Å². The molecule has 1 aliphatic rings. The molecule has 2 heterocycles. The van der Waals surface area contributed by atoms with Crippen LogP contribution in [0.5, 0.6) is 0 Å². The minimum atomic E-state index is -0.757. The highest BCUT2D eigenvalue weighted by molar-refractivity contribution is 6.31. The van der Waals surface area contributed by atoms with Crippen molar-refractivity contribution in [2.24, 2.45) is 16.8 Å². The molecule has 0 radical (unpaired) electrons. The summed E-state index contributed by atoms with van der Waals surface area (Å²) in [5.74, 6) is 10.2. The monoisotopic (exact) mass is 550 g/mol. The van der Waals surface area contributed by atoms with Crippen molar-refractivity contribution in [2.45, 2.75) is 31.7 Å². The van der Waals surface area contributed by atoms with Crippen LogP contribution in [0.3, 0.4) is 0 Å². The number of nitrogens with zero attached hydrogens (tertiary/aromatic N) is 4. The van der Waals surface area contributed by atoms with Gasteiger partial charge in [-0.05, 0) is 49.2 Å². The number of fused-ring (bicyclic) bond motifs is 4. The van der Waals surface area contributed by atoms with Crippen molar-refractivity contribution in [3.63, 3.8) is 0 Å². The molecular weight excluding hydrogens is 523 g/mol. The molecule has 1 aliphatic heterocycles. The lowest BCUT2D eigenvalue weighted by atomic mass is 10.1. The number of benzene rings is 2. The van der Waals surface area contributed by atoms with Crippen LogP contribution in [0.1, 0.15) is 48.8 Å². The van der Waals surface area contributed by atoms with Crippen LogP contribution in [0.2, 0.25) is 5.02 Å². The molecule has 1 atom stereocenters. The Balaban J connectivity index is 1.65. The lowest BCUT2D eigenvalue weighted by Gasteiger charge is -2.18. The average molecular weight is 551 g/mol. The minimum Gasteiger partial charge on any atom is -0.399 e. The number of hydrogen-bond donors (Lipinski definition) is 6. The summed E-state index contributed by atoms with van der Waals surface area (Å²) in [7, 11) is 0. The van der Waals surface area contributed by atoms with Crippen molar-refractivity contribution in [1.82, 2.24) is 15.3 Å². The van der Waals surface area contributed by atoms with Crippen LogP contribution in [-0.4, -0.2) is 28.8 Å². The van der Waals surface area contributed by atoms with E-state index in [1.54, 1.807) is 6.07 Å². The first kappa shape index (κ1) is 27.4. The van der Waals surface area contributed by atoms with Gasteiger partial charge in [-0.3, -0.25) is 9.80 Å². The van der Waals surface area contributed by atoms with E-state index >= 15 is 0 Å². The molecular formula is C26H28ClFN10O. The van der Waals surface area contributed by atoms with E-state index in [0.717, 1.165) is 48.4 Å². The number of nitrogens with one attached hydrogen (secondary N) is 3. The average Bonchev–Trinajstić information content (AvgIpc) is 3.34. The van der Waals surface area contributed by atoms with E-state index in [-0.39, 0.29) is 22.0 Å². The fraction of sp³-hybridized carbons (Fsp3) is 0.231. The maximum absolute atomic E-state index is 14.8. The molecule has 13 heteroatoms. The molecule has 0 saturated heterocycles. The second-order valence-corrected chi connectivity index (χ2v) is 9.31. The Morgan fingerprint density at radius 2 is 2.13 bits per heavy atom. The lowest BCUT2D eigenvalue weighted by Crippen LogP contribution is -2.30. The number of hydrazone groups is 1. The zero-order valence-electron chi connectivity index (χ0n) is 20.9. The molecule has 2 aromatic carbocycles. The summed E-state index contributed by atoms with van der Waals surface area (Å²) in [6.07, 6.45) is 6.71. The number of hydrazine groups is 1. The summed E-state index contributed by atoms with van der Waals surface area (Å²) >= 11 is 5.95. The summed E-state index contributed by atoms with van der Waals surface area (Å²) in [6, 6.07) is 9.82. The van der Waals surface area contributed by atoms with Crippen molar-refractivity contribution in [2.75, 3.05) is 22.6 Å². The van der Waals surface area contributed by atoms with Crippen molar-refractivity contribution in [3.8, 4) is 17.3 Å². The number of H-pyrrole nitrogens is 1. The van der Waals surface area contributed by atoms with Crippen LogP contribution in [0.25, 0.3) is 17.3 Å². The largest absolute Gasteiger partial charge is 0.399 e. The third kappa shape index (κ3) is 6.28. The van der Waals surface area contributed by atoms with Crippen molar-refractivity contribution >= 4 is 47.0 Å². The Morgan fingerprint density at radius 1 is 1.31 bits per heavy atom. The molecule has 0 saturated carbocycles. The van der Waals surface area contributed by atoms with Gasteiger partial charge in [0.15, 0.2) is 11.5 Å². The normalized spacial score (nSPS) is 15.6. The number of imidazole rings is 1.